The maximum atomic E-state index is 11.4. The van der Waals surface area contributed by atoms with E-state index in [-0.39, 0.29) is 18.4 Å². The van der Waals surface area contributed by atoms with Crippen molar-refractivity contribution in [3.8, 4) is 0 Å². The highest BCUT2D eigenvalue weighted by Crippen LogP contribution is 2.16. The van der Waals surface area contributed by atoms with E-state index in [1.807, 2.05) is 6.92 Å². The molecule has 92 valence electrons. The maximum absolute atomic E-state index is 11.4. The van der Waals surface area contributed by atoms with E-state index in [1.165, 1.54) is 0 Å². The minimum atomic E-state index is -0.138. The molecular formula is C12H17N3O2. The van der Waals surface area contributed by atoms with Gasteiger partial charge in [-0.1, -0.05) is 0 Å². The highest BCUT2D eigenvalue weighted by atomic mass is 16.2. The van der Waals surface area contributed by atoms with Gasteiger partial charge in [0.05, 0.1) is 6.54 Å². The Labute approximate surface area is 101 Å². The quantitative estimate of drug-likeness (QED) is 0.712. The fourth-order valence-electron chi connectivity index (χ4n) is 1.44. The van der Waals surface area contributed by atoms with Crippen LogP contribution < -0.4 is 16.0 Å². The fourth-order valence-corrected chi connectivity index (χ4v) is 1.44. The summed E-state index contributed by atoms with van der Waals surface area (Å²) in [4.78, 5) is 22.8. The highest BCUT2D eigenvalue weighted by molar-refractivity contribution is 5.96. The number of rotatable bonds is 4. The number of benzene rings is 1. The predicted molar refractivity (Wildman–Crippen MR) is 67.1 cm³/mol. The van der Waals surface area contributed by atoms with Crippen LogP contribution in [-0.4, -0.2) is 32.5 Å². The van der Waals surface area contributed by atoms with E-state index in [2.05, 4.69) is 16.0 Å². The molecule has 3 N–H and O–H groups in total. The van der Waals surface area contributed by atoms with E-state index in [0.717, 1.165) is 11.3 Å². The van der Waals surface area contributed by atoms with Crippen LogP contribution in [0, 0.1) is 6.92 Å². The average Bonchev–Trinajstić information content (AvgIpc) is 2.31. The fraction of sp³-hybridized carbons (Fsp3) is 0.333. The molecule has 0 unspecified atom stereocenters. The summed E-state index contributed by atoms with van der Waals surface area (Å²) in [6.45, 7) is 2.11. The molecule has 0 radical (unpaired) electrons. The molecule has 0 saturated heterocycles. The summed E-state index contributed by atoms with van der Waals surface area (Å²) in [5.41, 5.74) is 2.16. The van der Waals surface area contributed by atoms with Gasteiger partial charge >= 0.3 is 0 Å². The number of hydrogen-bond donors (Lipinski definition) is 3. The Kier molecular flexibility index (Phi) is 4.66. The number of carbonyl (C=O) groups excluding carboxylic acids is 2. The third-order valence-electron chi connectivity index (χ3n) is 2.33. The topological polar surface area (TPSA) is 70.2 Å². The van der Waals surface area contributed by atoms with Gasteiger partial charge in [0.2, 0.25) is 5.91 Å². The molecule has 1 aromatic carbocycles. The molecule has 0 fully saturated rings. The third kappa shape index (κ3) is 3.57. The van der Waals surface area contributed by atoms with Crippen molar-refractivity contribution in [2.24, 2.45) is 0 Å². The molecule has 1 aromatic rings. The molecule has 0 aliphatic carbocycles. The lowest BCUT2D eigenvalue weighted by Gasteiger charge is -2.09. The first-order valence-corrected chi connectivity index (χ1v) is 5.35. The molecule has 0 aliphatic heterocycles. The van der Waals surface area contributed by atoms with Gasteiger partial charge in [-0.05, 0) is 37.7 Å². The van der Waals surface area contributed by atoms with Crippen molar-refractivity contribution < 1.29 is 9.59 Å². The van der Waals surface area contributed by atoms with Crippen LogP contribution in [0.5, 0.6) is 0 Å². The van der Waals surface area contributed by atoms with Crippen LogP contribution in [0.2, 0.25) is 0 Å². The highest BCUT2D eigenvalue weighted by Gasteiger charge is 2.07. The molecule has 0 aromatic heterocycles. The van der Waals surface area contributed by atoms with Gasteiger partial charge in [0.25, 0.3) is 5.91 Å². The van der Waals surface area contributed by atoms with Crippen LogP contribution >= 0.6 is 0 Å². The lowest BCUT2D eigenvalue weighted by Crippen LogP contribution is -2.25. The number of carbonyl (C=O) groups is 2. The van der Waals surface area contributed by atoms with Gasteiger partial charge < -0.3 is 16.0 Å². The summed E-state index contributed by atoms with van der Waals surface area (Å²) in [7, 11) is 3.29. The molecule has 5 nitrogen and oxygen atoms in total. The Hall–Kier alpha value is -1.88. The average molecular weight is 235 g/mol. The lowest BCUT2D eigenvalue weighted by molar-refractivity contribution is -0.115. The molecule has 0 aliphatic rings. The minimum Gasteiger partial charge on any atom is -0.355 e. The largest absolute Gasteiger partial charge is 0.355 e. The van der Waals surface area contributed by atoms with Gasteiger partial charge in [0.1, 0.15) is 0 Å². The van der Waals surface area contributed by atoms with Crippen molar-refractivity contribution in [2.45, 2.75) is 6.92 Å². The van der Waals surface area contributed by atoms with Crippen LogP contribution in [0.25, 0.3) is 0 Å². The molecule has 0 saturated carbocycles. The molecule has 5 heteroatoms. The van der Waals surface area contributed by atoms with Crippen LogP contribution in [0.4, 0.5) is 5.69 Å². The van der Waals surface area contributed by atoms with Gasteiger partial charge in [-0.2, -0.15) is 0 Å². The molecule has 17 heavy (non-hydrogen) atoms. The smallest absolute Gasteiger partial charge is 0.251 e. The normalized spacial score (nSPS) is 9.82. The predicted octanol–water partition coefficient (Wildman–Crippen LogP) is 0.513. The van der Waals surface area contributed by atoms with Crippen molar-refractivity contribution in [1.29, 1.82) is 0 Å². The van der Waals surface area contributed by atoms with Gasteiger partial charge in [0.15, 0.2) is 0 Å². The zero-order chi connectivity index (χ0) is 12.8. The first-order chi connectivity index (χ1) is 8.08. The van der Waals surface area contributed by atoms with Crippen LogP contribution in [0.15, 0.2) is 18.2 Å². The zero-order valence-corrected chi connectivity index (χ0v) is 10.3. The summed E-state index contributed by atoms with van der Waals surface area (Å²) in [6.07, 6.45) is 0. The lowest BCUT2D eigenvalue weighted by atomic mass is 10.1. The third-order valence-corrected chi connectivity index (χ3v) is 2.33. The summed E-state index contributed by atoms with van der Waals surface area (Å²) in [5, 5.41) is 8.08. The van der Waals surface area contributed by atoms with Crippen molar-refractivity contribution >= 4 is 17.5 Å². The number of likely N-dealkylation sites (N-methyl/N-ethyl adjacent to an activating group) is 1. The zero-order valence-electron chi connectivity index (χ0n) is 10.3. The first-order valence-electron chi connectivity index (χ1n) is 5.35. The number of amides is 2. The molecule has 0 spiro atoms. The van der Waals surface area contributed by atoms with Gasteiger partial charge in [0, 0.05) is 18.3 Å². The standard InChI is InChI=1S/C12H17N3O2/c1-8-6-9(12(17)14-3)4-5-10(8)15-11(16)7-13-2/h4-6,13H,7H2,1-3H3,(H,14,17)(H,15,16). The second-order valence-corrected chi connectivity index (χ2v) is 3.69. The van der Waals surface area contributed by atoms with Crippen molar-refractivity contribution in [3.63, 3.8) is 0 Å². The second-order valence-electron chi connectivity index (χ2n) is 3.69. The molecule has 0 heterocycles. The molecule has 1 rings (SSSR count). The van der Waals surface area contributed by atoms with Crippen LogP contribution in [0.3, 0.4) is 0 Å². The summed E-state index contributed by atoms with van der Waals surface area (Å²) < 4.78 is 0. The summed E-state index contributed by atoms with van der Waals surface area (Å²) in [5.74, 6) is -0.246. The summed E-state index contributed by atoms with van der Waals surface area (Å²) >= 11 is 0. The minimum absolute atomic E-state index is 0.108. The van der Waals surface area contributed by atoms with Crippen molar-refractivity contribution in [2.75, 3.05) is 26.0 Å². The van der Waals surface area contributed by atoms with Crippen LogP contribution in [0.1, 0.15) is 15.9 Å². The van der Waals surface area contributed by atoms with E-state index in [0.29, 0.717) is 5.56 Å². The number of anilines is 1. The number of nitrogens with one attached hydrogen (secondary N) is 3. The monoisotopic (exact) mass is 235 g/mol. The Bertz CT molecular complexity index is 430. The Balaban J connectivity index is 2.83. The van der Waals surface area contributed by atoms with E-state index < -0.39 is 0 Å². The van der Waals surface area contributed by atoms with E-state index in [1.54, 1.807) is 32.3 Å². The molecule has 0 atom stereocenters. The Morgan fingerprint density at radius 3 is 2.47 bits per heavy atom. The Morgan fingerprint density at radius 1 is 1.24 bits per heavy atom. The first kappa shape index (κ1) is 13.2. The molecular weight excluding hydrogens is 218 g/mol. The van der Waals surface area contributed by atoms with E-state index in [4.69, 9.17) is 0 Å². The van der Waals surface area contributed by atoms with Crippen LogP contribution in [-0.2, 0) is 4.79 Å². The molecule has 2 amide bonds. The number of aryl methyl sites for hydroxylation is 1. The van der Waals surface area contributed by atoms with Gasteiger partial charge in [-0.3, -0.25) is 9.59 Å². The Morgan fingerprint density at radius 2 is 1.94 bits per heavy atom. The number of hydrogen-bond acceptors (Lipinski definition) is 3. The van der Waals surface area contributed by atoms with E-state index in [9.17, 15) is 9.59 Å². The second kappa shape index (κ2) is 6.00. The van der Waals surface area contributed by atoms with E-state index >= 15 is 0 Å². The molecule has 0 bridgehead atoms. The van der Waals surface area contributed by atoms with Gasteiger partial charge in [-0.25, -0.2) is 0 Å². The maximum Gasteiger partial charge on any atom is 0.251 e. The van der Waals surface area contributed by atoms with Gasteiger partial charge in [-0.15, -0.1) is 0 Å². The van der Waals surface area contributed by atoms with Crippen molar-refractivity contribution in [1.82, 2.24) is 10.6 Å². The SMILES string of the molecule is CNCC(=O)Nc1ccc(C(=O)NC)cc1C. The van der Waals surface area contributed by atoms with Crippen molar-refractivity contribution in [3.05, 3.63) is 29.3 Å². The summed E-state index contributed by atoms with van der Waals surface area (Å²) in [6, 6.07) is 5.15.